The Balaban J connectivity index is 3.34. The molecule has 0 aromatic heterocycles. The van der Waals surface area contributed by atoms with Crippen molar-refractivity contribution in [3.05, 3.63) is 0 Å². The number of amides is 2. The summed E-state index contributed by atoms with van der Waals surface area (Å²) in [6, 6.07) is -0.484. The van der Waals surface area contributed by atoms with Gasteiger partial charge < -0.3 is 5.73 Å². The fraction of sp³-hybridized carbons (Fsp3) is 0.667. The van der Waals surface area contributed by atoms with Crippen molar-refractivity contribution in [2.24, 2.45) is 5.73 Å². The number of nitrogens with one attached hydrogen (secondary N) is 1. The summed E-state index contributed by atoms with van der Waals surface area (Å²) < 4.78 is 0. The molecule has 7 heavy (non-hydrogen) atoms. The number of hydrogen-bond acceptors (Lipinski definition) is 2. The fourth-order valence-corrected chi connectivity index (χ4v) is 0.110. The van der Waals surface area contributed by atoms with E-state index in [2.05, 4.69) is 5.43 Å². The highest BCUT2D eigenvalue weighted by atomic mass is 16.2. The molecular formula is C3H9N3O. The first-order valence-corrected chi connectivity index (χ1v) is 1.89. The predicted octanol–water partition coefficient (Wildman–Crippen LogP) is -0.869. The van der Waals surface area contributed by atoms with Crippen LogP contribution in [0.2, 0.25) is 0 Å². The van der Waals surface area contributed by atoms with Gasteiger partial charge in [-0.2, -0.15) is 0 Å². The second kappa shape index (κ2) is 2.41. The number of nitrogens with zero attached hydrogens (tertiary/aromatic N) is 1. The van der Waals surface area contributed by atoms with Gasteiger partial charge in [-0.25, -0.2) is 10.2 Å². The molecule has 0 saturated heterocycles. The van der Waals surface area contributed by atoms with Gasteiger partial charge >= 0.3 is 6.03 Å². The van der Waals surface area contributed by atoms with Crippen LogP contribution in [0.3, 0.4) is 0 Å². The second-order valence-corrected chi connectivity index (χ2v) is 1.12. The van der Waals surface area contributed by atoms with Crippen molar-refractivity contribution in [1.29, 1.82) is 0 Å². The summed E-state index contributed by atoms with van der Waals surface area (Å²) in [7, 11) is 3.16. The molecule has 0 atom stereocenters. The van der Waals surface area contributed by atoms with E-state index in [0.717, 1.165) is 0 Å². The van der Waals surface area contributed by atoms with Gasteiger partial charge in [-0.1, -0.05) is 0 Å². The molecule has 0 fully saturated rings. The third kappa shape index (κ3) is 1.99. The van der Waals surface area contributed by atoms with Crippen LogP contribution in [0.15, 0.2) is 0 Å². The van der Waals surface area contributed by atoms with E-state index in [4.69, 9.17) is 5.73 Å². The number of nitrogens with two attached hydrogens (primary N) is 1. The minimum Gasteiger partial charge on any atom is -0.350 e. The minimum atomic E-state index is -0.484. The van der Waals surface area contributed by atoms with Gasteiger partial charge in [0.2, 0.25) is 0 Å². The summed E-state index contributed by atoms with van der Waals surface area (Å²) in [5.41, 5.74) is 7.29. The van der Waals surface area contributed by atoms with Gasteiger partial charge in [0.1, 0.15) is 0 Å². The molecule has 0 aromatic rings. The predicted molar refractivity (Wildman–Crippen MR) is 26.4 cm³/mol. The summed E-state index contributed by atoms with van der Waals surface area (Å²) in [6.07, 6.45) is 0. The zero-order chi connectivity index (χ0) is 5.86. The van der Waals surface area contributed by atoms with Crippen LogP contribution in [0.4, 0.5) is 4.79 Å². The van der Waals surface area contributed by atoms with Crippen LogP contribution in [0.25, 0.3) is 0 Å². The maximum Gasteiger partial charge on any atom is 0.328 e. The topological polar surface area (TPSA) is 58.4 Å². The number of carbonyl (C=O) groups is 1. The van der Waals surface area contributed by atoms with Gasteiger partial charge in [0.25, 0.3) is 0 Å². The fourth-order valence-electron chi connectivity index (χ4n) is 0.110. The van der Waals surface area contributed by atoms with Gasteiger partial charge in [0.05, 0.1) is 0 Å². The Morgan fingerprint density at radius 2 is 2.29 bits per heavy atom. The lowest BCUT2D eigenvalue weighted by atomic mass is 11.0. The van der Waals surface area contributed by atoms with Crippen LogP contribution in [-0.4, -0.2) is 25.1 Å². The molecule has 0 radical (unpaired) electrons. The van der Waals surface area contributed by atoms with Gasteiger partial charge in [0.15, 0.2) is 0 Å². The van der Waals surface area contributed by atoms with Crippen LogP contribution in [-0.2, 0) is 0 Å². The van der Waals surface area contributed by atoms with Crippen molar-refractivity contribution in [2.45, 2.75) is 0 Å². The molecule has 4 nitrogen and oxygen atoms in total. The lowest BCUT2D eigenvalue weighted by Gasteiger charge is -2.09. The monoisotopic (exact) mass is 103 g/mol. The average molecular weight is 103 g/mol. The molecular weight excluding hydrogens is 94.1 g/mol. The van der Waals surface area contributed by atoms with Crippen molar-refractivity contribution in [3.8, 4) is 0 Å². The lowest BCUT2D eigenvalue weighted by Crippen LogP contribution is -2.40. The van der Waals surface area contributed by atoms with Crippen molar-refractivity contribution >= 4 is 6.03 Å². The van der Waals surface area contributed by atoms with Gasteiger partial charge in [-0.15, -0.1) is 0 Å². The smallest absolute Gasteiger partial charge is 0.328 e. The first kappa shape index (κ1) is 6.23. The Kier molecular flexibility index (Phi) is 2.15. The van der Waals surface area contributed by atoms with E-state index >= 15 is 0 Å². The third-order valence-electron chi connectivity index (χ3n) is 0.666. The molecule has 0 heterocycles. The van der Waals surface area contributed by atoms with E-state index in [-0.39, 0.29) is 0 Å². The summed E-state index contributed by atoms with van der Waals surface area (Å²) in [5, 5.41) is 1.18. The highest BCUT2D eigenvalue weighted by molar-refractivity contribution is 5.70. The van der Waals surface area contributed by atoms with Gasteiger partial charge in [0, 0.05) is 14.1 Å². The molecule has 0 aliphatic heterocycles. The molecule has 4 heteroatoms. The first-order valence-electron chi connectivity index (χ1n) is 1.89. The van der Waals surface area contributed by atoms with Crippen molar-refractivity contribution in [1.82, 2.24) is 10.4 Å². The lowest BCUT2D eigenvalue weighted by molar-refractivity contribution is 0.203. The number of primary amides is 1. The Morgan fingerprint density at radius 3 is 2.29 bits per heavy atom. The van der Waals surface area contributed by atoms with E-state index in [0.29, 0.717) is 0 Å². The van der Waals surface area contributed by atoms with Gasteiger partial charge in [-0.3, -0.25) is 5.01 Å². The normalized spacial score (nSPS) is 8.29. The van der Waals surface area contributed by atoms with E-state index in [1.165, 1.54) is 5.01 Å². The first-order chi connectivity index (χ1) is 3.18. The molecule has 2 amide bonds. The maximum absolute atomic E-state index is 10.0. The molecule has 0 aromatic carbocycles. The maximum atomic E-state index is 10.0. The summed E-state index contributed by atoms with van der Waals surface area (Å²) in [4.78, 5) is 10.0. The highest BCUT2D eigenvalue weighted by Crippen LogP contribution is 1.66. The van der Waals surface area contributed by atoms with Crippen LogP contribution in [0.5, 0.6) is 0 Å². The molecule has 0 spiro atoms. The molecule has 0 aliphatic rings. The highest BCUT2D eigenvalue weighted by Gasteiger charge is 1.94. The molecule has 0 aliphatic carbocycles. The van der Waals surface area contributed by atoms with Crippen molar-refractivity contribution < 1.29 is 4.79 Å². The number of carbonyl (C=O) groups excluding carboxylic acids is 1. The quantitative estimate of drug-likeness (QED) is 0.424. The molecule has 3 N–H and O–H groups in total. The van der Waals surface area contributed by atoms with E-state index in [1.807, 2.05) is 0 Å². The second-order valence-electron chi connectivity index (χ2n) is 1.12. The van der Waals surface area contributed by atoms with E-state index < -0.39 is 6.03 Å². The SMILES string of the molecule is CNN(C)C(N)=O. The van der Waals surface area contributed by atoms with Crippen LogP contribution in [0.1, 0.15) is 0 Å². The summed E-state index contributed by atoms with van der Waals surface area (Å²) in [6.45, 7) is 0. The number of rotatable bonds is 1. The standard InChI is InChI=1S/C3H9N3O/c1-5-6(2)3(4)7/h5H,1-2H3,(H2,4,7). The Hall–Kier alpha value is -0.770. The Morgan fingerprint density at radius 1 is 1.86 bits per heavy atom. The molecule has 0 saturated carbocycles. The number of hydrazine groups is 1. The van der Waals surface area contributed by atoms with E-state index in [9.17, 15) is 4.79 Å². The van der Waals surface area contributed by atoms with Crippen LogP contribution in [0, 0.1) is 0 Å². The van der Waals surface area contributed by atoms with Crippen LogP contribution >= 0.6 is 0 Å². The molecule has 0 bridgehead atoms. The Labute approximate surface area is 42.3 Å². The summed E-state index contributed by atoms with van der Waals surface area (Å²) >= 11 is 0. The number of hydrogen-bond donors (Lipinski definition) is 2. The third-order valence-corrected chi connectivity index (χ3v) is 0.666. The van der Waals surface area contributed by atoms with E-state index in [1.54, 1.807) is 14.1 Å². The molecule has 42 valence electrons. The minimum absolute atomic E-state index is 0.484. The van der Waals surface area contributed by atoms with Crippen molar-refractivity contribution in [3.63, 3.8) is 0 Å². The molecule has 0 unspecified atom stereocenters. The Bertz CT molecular complexity index is 72.6. The molecule has 0 rings (SSSR count). The zero-order valence-electron chi connectivity index (χ0n) is 4.43. The van der Waals surface area contributed by atoms with Crippen molar-refractivity contribution in [2.75, 3.05) is 14.1 Å². The zero-order valence-corrected chi connectivity index (χ0v) is 4.43. The van der Waals surface area contributed by atoms with Gasteiger partial charge in [-0.05, 0) is 0 Å². The summed E-state index contributed by atoms with van der Waals surface area (Å²) in [5.74, 6) is 0. The largest absolute Gasteiger partial charge is 0.350 e. The van der Waals surface area contributed by atoms with Crippen LogP contribution < -0.4 is 11.2 Å². The average Bonchev–Trinajstić information content (AvgIpc) is 1.65. The number of urea groups is 1.